The number of fused-ring (bicyclic) bond motifs is 1. The van der Waals surface area contributed by atoms with Gasteiger partial charge in [-0.25, -0.2) is 12.8 Å². The molecule has 1 atom stereocenters. The number of nitrogens with zero attached hydrogens (tertiary/aromatic N) is 3. The lowest BCUT2D eigenvalue weighted by molar-refractivity contribution is -0.147. The van der Waals surface area contributed by atoms with E-state index in [1.165, 1.54) is 12.1 Å². The van der Waals surface area contributed by atoms with Gasteiger partial charge in [-0.05, 0) is 56.5 Å². The fraction of sp³-hybridized carbons (Fsp3) is 0.391. The van der Waals surface area contributed by atoms with E-state index in [-0.39, 0.29) is 17.3 Å². The Hall–Kier alpha value is -2.97. The van der Waals surface area contributed by atoms with Gasteiger partial charge in [0, 0.05) is 17.6 Å². The van der Waals surface area contributed by atoms with Gasteiger partial charge in [0.2, 0.25) is 10.0 Å². The predicted octanol–water partition coefficient (Wildman–Crippen LogP) is 5.37. The fourth-order valence-corrected chi connectivity index (χ4v) is 5.56. The van der Waals surface area contributed by atoms with Crippen LogP contribution in [0.4, 0.5) is 17.6 Å². The molecule has 2 aromatic heterocycles. The summed E-state index contributed by atoms with van der Waals surface area (Å²) in [6, 6.07) is 5.43. The maximum atomic E-state index is 14.4. The lowest BCUT2D eigenvalue weighted by atomic mass is 10.1. The molecule has 0 bridgehead atoms. The van der Waals surface area contributed by atoms with Crippen LogP contribution in [0.5, 0.6) is 0 Å². The summed E-state index contributed by atoms with van der Waals surface area (Å²) in [6.45, 7) is 2.35. The standard InChI is InChI=1S/C23H22F4N4O2S/c1-13-9-21-17(10-19(13)24)18(11-28)22(31(21)15-5-3-4-6-15)20-8-7-16(12-29-20)34(32,33)30-14(2)23(25,26)27/h7-10,12,14-15,30H,3-6H2,1-2H3/t14-/m1/s1. The first kappa shape index (κ1) is 24.2. The largest absolute Gasteiger partial charge is 0.404 e. The Morgan fingerprint density at radius 1 is 1.24 bits per heavy atom. The van der Waals surface area contributed by atoms with E-state index in [2.05, 4.69) is 11.1 Å². The van der Waals surface area contributed by atoms with Gasteiger partial charge in [0.1, 0.15) is 22.8 Å². The monoisotopic (exact) mass is 494 g/mol. The molecule has 0 saturated heterocycles. The van der Waals surface area contributed by atoms with E-state index in [4.69, 9.17) is 0 Å². The van der Waals surface area contributed by atoms with E-state index in [0.29, 0.717) is 29.1 Å². The van der Waals surface area contributed by atoms with Crippen LogP contribution in [0.25, 0.3) is 22.3 Å². The Kier molecular flexibility index (Phi) is 6.16. The first-order valence-corrected chi connectivity index (χ1v) is 12.2. The molecule has 2 heterocycles. The summed E-state index contributed by atoms with van der Waals surface area (Å²) in [5.41, 5.74) is 2.05. The summed E-state index contributed by atoms with van der Waals surface area (Å²) in [7, 11) is -4.47. The topological polar surface area (TPSA) is 87.8 Å². The van der Waals surface area contributed by atoms with Gasteiger partial charge in [0.15, 0.2) is 0 Å². The maximum absolute atomic E-state index is 14.4. The van der Waals surface area contributed by atoms with Crippen molar-refractivity contribution >= 4 is 20.9 Å². The first-order valence-electron chi connectivity index (χ1n) is 10.7. The first-order chi connectivity index (χ1) is 15.9. The van der Waals surface area contributed by atoms with Crippen molar-refractivity contribution in [1.29, 1.82) is 5.26 Å². The summed E-state index contributed by atoms with van der Waals surface area (Å²) in [5.74, 6) is -0.446. The third-order valence-corrected chi connectivity index (χ3v) is 7.72. The number of hydrogen-bond acceptors (Lipinski definition) is 4. The van der Waals surface area contributed by atoms with Crippen molar-refractivity contribution in [3.8, 4) is 17.5 Å². The highest BCUT2D eigenvalue weighted by molar-refractivity contribution is 7.89. The van der Waals surface area contributed by atoms with Crippen LogP contribution in [0.1, 0.15) is 49.8 Å². The van der Waals surface area contributed by atoms with Gasteiger partial charge in [-0.1, -0.05) is 12.8 Å². The van der Waals surface area contributed by atoms with E-state index < -0.39 is 33.0 Å². The molecule has 1 aromatic carbocycles. The number of pyridine rings is 1. The fourth-order valence-electron chi connectivity index (χ4n) is 4.39. The molecule has 1 fully saturated rings. The van der Waals surface area contributed by atoms with Crippen LogP contribution in [0, 0.1) is 24.1 Å². The van der Waals surface area contributed by atoms with Crippen molar-refractivity contribution in [3.05, 3.63) is 47.4 Å². The Morgan fingerprint density at radius 3 is 2.47 bits per heavy atom. The van der Waals surface area contributed by atoms with Crippen molar-refractivity contribution < 1.29 is 26.0 Å². The molecule has 3 aromatic rings. The molecule has 1 aliphatic rings. The third kappa shape index (κ3) is 4.28. The molecule has 0 aliphatic heterocycles. The number of alkyl halides is 3. The Bertz CT molecular complexity index is 1380. The molecular weight excluding hydrogens is 472 g/mol. The van der Waals surface area contributed by atoms with E-state index in [1.54, 1.807) is 17.7 Å². The van der Waals surface area contributed by atoms with Crippen LogP contribution in [0.15, 0.2) is 35.4 Å². The number of rotatable bonds is 5. The molecule has 0 unspecified atom stereocenters. The highest BCUT2D eigenvalue weighted by Crippen LogP contribution is 2.41. The molecule has 1 aliphatic carbocycles. The molecule has 0 amide bonds. The molecular formula is C23H22F4N4O2S. The molecule has 1 N–H and O–H groups in total. The quantitative estimate of drug-likeness (QED) is 0.484. The van der Waals surface area contributed by atoms with E-state index in [9.17, 15) is 31.2 Å². The predicted molar refractivity (Wildman–Crippen MR) is 118 cm³/mol. The van der Waals surface area contributed by atoms with Gasteiger partial charge in [0.05, 0.1) is 22.5 Å². The summed E-state index contributed by atoms with van der Waals surface area (Å²) < 4.78 is 81.2. The molecule has 11 heteroatoms. The highest BCUT2D eigenvalue weighted by atomic mass is 32.2. The second-order valence-corrected chi connectivity index (χ2v) is 10.2. The van der Waals surface area contributed by atoms with E-state index >= 15 is 0 Å². The summed E-state index contributed by atoms with van der Waals surface area (Å²) in [4.78, 5) is 3.77. The highest BCUT2D eigenvalue weighted by Gasteiger charge is 2.39. The molecule has 4 rings (SSSR count). The Morgan fingerprint density at radius 2 is 1.91 bits per heavy atom. The molecule has 1 saturated carbocycles. The molecule has 6 nitrogen and oxygen atoms in total. The average molecular weight is 495 g/mol. The van der Waals surface area contributed by atoms with Crippen molar-refractivity contribution in [1.82, 2.24) is 14.3 Å². The number of aryl methyl sites for hydroxylation is 1. The molecule has 34 heavy (non-hydrogen) atoms. The van der Waals surface area contributed by atoms with E-state index in [0.717, 1.165) is 37.9 Å². The minimum absolute atomic E-state index is 0.0592. The van der Waals surface area contributed by atoms with Crippen molar-refractivity contribution in [2.75, 3.05) is 0 Å². The second kappa shape index (κ2) is 8.67. The van der Waals surface area contributed by atoms with Crippen LogP contribution >= 0.6 is 0 Å². The summed E-state index contributed by atoms with van der Waals surface area (Å²) in [5, 5.41) is 10.4. The van der Waals surface area contributed by atoms with Crippen LogP contribution < -0.4 is 4.72 Å². The molecule has 0 spiro atoms. The second-order valence-electron chi connectivity index (χ2n) is 8.53. The zero-order chi connectivity index (χ0) is 24.8. The van der Waals surface area contributed by atoms with Crippen LogP contribution in [-0.2, 0) is 10.0 Å². The van der Waals surface area contributed by atoms with Gasteiger partial charge in [0.25, 0.3) is 0 Å². The summed E-state index contributed by atoms with van der Waals surface area (Å²) >= 11 is 0. The van der Waals surface area contributed by atoms with Crippen LogP contribution in [-0.4, -0.2) is 30.2 Å². The smallest absolute Gasteiger partial charge is 0.335 e. The van der Waals surface area contributed by atoms with Crippen molar-refractivity contribution in [3.63, 3.8) is 0 Å². The summed E-state index contributed by atoms with van der Waals surface area (Å²) in [6.07, 6.45) is -0.0469. The number of sulfonamides is 1. The molecule has 180 valence electrons. The zero-order valence-corrected chi connectivity index (χ0v) is 19.3. The lowest BCUT2D eigenvalue weighted by Gasteiger charge is -2.19. The maximum Gasteiger partial charge on any atom is 0.404 e. The van der Waals surface area contributed by atoms with Crippen LogP contribution in [0.3, 0.4) is 0 Å². The van der Waals surface area contributed by atoms with Gasteiger partial charge >= 0.3 is 6.18 Å². The number of benzene rings is 1. The molecule has 0 radical (unpaired) electrons. The van der Waals surface area contributed by atoms with Gasteiger partial charge in [-0.3, -0.25) is 4.98 Å². The number of nitrogens with one attached hydrogen (secondary N) is 1. The zero-order valence-electron chi connectivity index (χ0n) is 18.4. The number of aromatic nitrogens is 2. The minimum atomic E-state index is -4.74. The normalized spacial score (nSPS) is 16.1. The third-order valence-electron chi connectivity index (χ3n) is 6.20. The lowest BCUT2D eigenvalue weighted by Crippen LogP contribution is -2.42. The number of nitriles is 1. The SMILES string of the molecule is Cc1cc2c(cc1F)c(C#N)c(-c1ccc(S(=O)(=O)N[C@H](C)C(F)(F)F)cn1)n2C1CCCC1. The van der Waals surface area contributed by atoms with E-state index in [1.807, 2.05) is 4.57 Å². The Balaban J connectivity index is 1.84. The minimum Gasteiger partial charge on any atom is -0.335 e. The Labute approximate surface area is 194 Å². The number of halogens is 4. The van der Waals surface area contributed by atoms with Crippen molar-refractivity contribution in [2.45, 2.75) is 62.7 Å². The van der Waals surface area contributed by atoms with Gasteiger partial charge < -0.3 is 4.57 Å². The van der Waals surface area contributed by atoms with Gasteiger partial charge in [-0.15, -0.1) is 0 Å². The number of hydrogen-bond donors (Lipinski definition) is 1. The van der Waals surface area contributed by atoms with Crippen LogP contribution in [0.2, 0.25) is 0 Å². The average Bonchev–Trinajstić information content (AvgIpc) is 3.39. The van der Waals surface area contributed by atoms with Gasteiger partial charge in [-0.2, -0.15) is 23.2 Å². The van der Waals surface area contributed by atoms with Crippen molar-refractivity contribution in [2.24, 2.45) is 0 Å².